The van der Waals surface area contributed by atoms with Crippen LogP contribution >= 0.6 is 11.8 Å². The zero-order chi connectivity index (χ0) is 21.4. The fraction of sp³-hybridized carbons (Fsp3) is 0.318. The van der Waals surface area contributed by atoms with Crippen LogP contribution in [0.15, 0.2) is 30.5 Å². The quantitative estimate of drug-likeness (QED) is 0.697. The minimum absolute atomic E-state index is 0.166. The van der Waals surface area contributed by atoms with Crippen LogP contribution in [0.2, 0.25) is 0 Å². The Bertz CT molecular complexity index is 1070. The van der Waals surface area contributed by atoms with E-state index in [0.29, 0.717) is 5.57 Å². The first kappa shape index (κ1) is 20.0. The first-order valence-electron chi connectivity index (χ1n) is 10.2. The van der Waals surface area contributed by atoms with E-state index in [1.807, 2.05) is 30.5 Å². The Kier molecular flexibility index (Phi) is 5.39. The molecule has 2 aromatic rings. The molecular formula is C22H22N4O4S. The van der Waals surface area contributed by atoms with Crippen molar-refractivity contribution < 1.29 is 19.1 Å². The minimum atomic E-state index is -0.227. The van der Waals surface area contributed by atoms with Crippen molar-refractivity contribution in [3.63, 3.8) is 0 Å². The second-order valence-electron chi connectivity index (χ2n) is 7.78. The van der Waals surface area contributed by atoms with E-state index in [1.54, 1.807) is 0 Å². The predicted molar refractivity (Wildman–Crippen MR) is 118 cm³/mol. The van der Waals surface area contributed by atoms with E-state index < -0.39 is 0 Å². The van der Waals surface area contributed by atoms with Crippen molar-refractivity contribution >= 4 is 46.2 Å². The first-order valence-corrected chi connectivity index (χ1v) is 11.2. The molecule has 8 nitrogen and oxygen atoms in total. The van der Waals surface area contributed by atoms with E-state index in [4.69, 9.17) is 4.74 Å². The lowest BCUT2D eigenvalue weighted by Gasteiger charge is -2.25. The Balaban J connectivity index is 1.36. The molecule has 1 aromatic carbocycles. The fourth-order valence-electron chi connectivity index (χ4n) is 4.00. The van der Waals surface area contributed by atoms with E-state index in [1.165, 1.54) is 4.90 Å². The van der Waals surface area contributed by atoms with Gasteiger partial charge in [0.25, 0.3) is 11.1 Å². The van der Waals surface area contributed by atoms with Crippen LogP contribution in [-0.4, -0.2) is 63.9 Å². The highest BCUT2D eigenvalue weighted by atomic mass is 32.2. The molecule has 0 radical (unpaired) electrons. The van der Waals surface area contributed by atoms with Crippen LogP contribution in [0, 0.1) is 0 Å². The van der Waals surface area contributed by atoms with Crippen molar-refractivity contribution in [1.82, 2.24) is 14.8 Å². The number of imide groups is 1. The third-order valence-corrected chi connectivity index (χ3v) is 6.48. The average molecular weight is 439 g/mol. The molecule has 0 spiro atoms. The highest BCUT2D eigenvalue weighted by molar-refractivity contribution is 8.14. The van der Waals surface area contributed by atoms with Crippen molar-refractivity contribution in [3.8, 4) is 0 Å². The number of benzene rings is 1. The summed E-state index contributed by atoms with van der Waals surface area (Å²) >= 11 is 1.02. The molecule has 2 saturated heterocycles. The van der Waals surface area contributed by atoms with Gasteiger partial charge in [0.1, 0.15) is 0 Å². The number of thioether (sulfide) groups is 1. The highest BCUT2D eigenvalue weighted by Crippen LogP contribution is 2.34. The van der Waals surface area contributed by atoms with E-state index in [9.17, 15) is 14.4 Å². The fourth-order valence-corrected chi connectivity index (χ4v) is 4.72. The van der Waals surface area contributed by atoms with Crippen molar-refractivity contribution in [1.29, 1.82) is 0 Å². The summed E-state index contributed by atoms with van der Waals surface area (Å²) in [5.41, 5.74) is 4.89. The summed E-state index contributed by atoms with van der Waals surface area (Å²) in [5, 5.41) is 2.66. The minimum Gasteiger partial charge on any atom is -0.379 e. The molecule has 0 saturated carbocycles. The monoisotopic (exact) mass is 438 g/mol. The van der Waals surface area contributed by atoms with Gasteiger partial charge in [-0.15, -0.1) is 0 Å². The molecule has 5 rings (SSSR count). The molecule has 3 aliphatic heterocycles. The number of fused-ring (bicyclic) bond motifs is 1. The van der Waals surface area contributed by atoms with Gasteiger partial charge in [-0.2, -0.15) is 0 Å². The number of hydrogen-bond acceptors (Lipinski definition) is 6. The van der Waals surface area contributed by atoms with Gasteiger partial charge in [0.2, 0.25) is 5.91 Å². The number of ether oxygens (including phenoxy) is 1. The Hall–Kier alpha value is -2.88. The number of carbonyl (C=O) groups is 3. The van der Waals surface area contributed by atoms with Gasteiger partial charge in [-0.3, -0.25) is 24.2 Å². The van der Waals surface area contributed by atoms with E-state index >= 15 is 0 Å². The third-order valence-electron chi connectivity index (χ3n) is 5.62. The molecule has 0 aliphatic carbocycles. The Morgan fingerprint density at radius 1 is 1.06 bits per heavy atom. The lowest BCUT2D eigenvalue weighted by Crippen LogP contribution is -2.35. The number of carbonyl (C=O) groups excluding carboxylic acids is 3. The average Bonchev–Trinajstić information content (AvgIpc) is 3.43. The molecule has 1 aromatic heterocycles. The molecule has 3 amide bonds. The number of aromatic amines is 1. The topological polar surface area (TPSA) is 94.7 Å². The van der Waals surface area contributed by atoms with Crippen molar-refractivity contribution in [3.05, 3.63) is 52.8 Å². The molecule has 0 bridgehead atoms. The summed E-state index contributed by atoms with van der Waals surface area (Å²) in [6.45, 7) is 4.40. The second kappa shape index (κ2) is 8.33. The molecular weight excluding hydrogens is 416 g/mol. The number of nitrogens with zero attached hydrogens (tertiary/aromatic N) is 2. The largest absolute Gasteiger partial charge is 0.379 e. The lowest BCUT2D eigenvalue weighted by molar-refractivity contribution is -0.125. The van der Waals surface area contributed by atoms with Crippen molar-refractivity contribution in [2.24, 2.45) is 0 Å². The van der Waals surface area contributed by atoms with Gasteiger partial charge in [-0.05, 0) is 35.4 Å². The number of H-pyrrole nitrogens is 1. The molecule has 3 aliphatic rings. The smallest absolute Gasteiger partial charge is 0.289 e. The maximum atomic E-state index is 12.6. The molecule has 2 N–H and O–H groups in total. The summed E-state index contributed by atoms with van der Waals surface area (Å²) in [6, 6.07) is 7.58. The number of morpholine rings is 1. The Morgan fingerprint density at radius 2 is 1.90 bits per heavy atom. The SMILES string of the molecule is O=C1Nc2ccc(CN3C(=O)CSC3=O)cc2/C1=C\c1cc(CN2CCOCC2)c[nH]1. The summed E-state index contributed by atoms with van der Waals surface area (Å²) in [4.78, 5) is 43.2. The standard InChI is InChI=1S/C22H22N4O4S/c27-20-13-31-22(29)26(20)12-14-1-2-19-17(8-14)18(21(28)24-19)9-16-7-15(10-23-16)11-25-3-5-30-6-4-25/h1-2,7-10,23H,3-6,11-13H2,(H,24,28)/b18-9+. The van der Waals surface area contributed by atoms with Gasteiger partial charge >= 0.3 is 0 Å². The number of hydrogen-bond donors (Lipinski definition) is 2. The number of amides is 3. The zero-order valence-corrected chi connectivity index (χ0v) is 17.7. The van der Waals surface area contributed by atoms with Gasteiger partial charge in [0, 0.05) is 42.8 Å². The van der Waals surface area contributed by atoms with Gasteiger partial charge in [0.15, 0.2) is 0 Å². The van der Waals surface area contributed by atoms with Crippen LogP contribution < -0.4 is 5.32 Å². The van der Waals surface area contributed by atoms with Gasteiger partial charge in [-0.25, -0.2) is 0 Å². The Labute approximate surface area is 183 Å². The molecule has 31 heavy (non-hydrogen) atoms. The summed E-state index contributed by atoms with van der Waals surface area (Å²) in [7, 11) is 0. The van der Waals surface area contributed by atoms with Crippen LogP contribution in [-0.2, 0) is 27.4 Å². The van der Waals surface area contributed by atoms with Crippen molar-refractivity contribution in [2.75, 3.05) is 37.4 Å². The number of aromatic nitrogens is 1. The van der Waals surface area contributed by atoms with E-state index in [0.717, 1.165) is 72.7 Å². The van der Waals surface area contributed by atoms with Crippen LogP contribution in [0.3, 0.4) is 0 Å². The van der Waals surface area contributed by atoms with Gasteiger partial charge < -0.3 is 15.0 Å². The van der Waals surface area contributed by atoms with E-state index in [-0.39, 0.29) is 29.4 Å². The summed E-state index contributed by atoms with van der Waals surface area (Å²) in [5.74, 6) is -0.158. The molecule has 4 heterocycles. The van der Waals surface area contributed by atoms with Gasteiger partial charge in [-0.1, -0.05) is 17.8 Å². The third kappa shape index (κ3) is 4.16. The van der Waals surface area contributed by atoms with Crippen LogP contribution in [0.1, 0.15) is 22.4 Å². The highest BCUT2D eigenvalue weighted by Gasteiger charge is 2.31. The van der Waals surface area contributed by atoms with Crippen LogP contribution in [0.25, 0.3) is 11.6 Å². The van der Waals surface area contributed by atoms with Crippen molar-refractivity contribution in [2.45, 2.75) is 13.1 Å². The van der Waals surface area contributed by atoms with Crippen LogP contribution in [0.5, 0.6) is 0 Å². The first-order chi connectivity index (χ1) is 15.1. The van der Waals surface area contributed by atoms with Gasteiger partial charge in [0.05, 0.1) is 31.1 Å². The summed E-state index contributed by atoms with van der Waals surface area (Å²) < 4.78 is 5.39. The van der Waals surface area contributed by atoms with E-state index in [2.05, 4.69) is 21.3 Å². The molecule has 160 valence electrons. The summed E-state index contributed by atoms with van der Waals surface area (Å²) in [6.07, 6.45) is 3.81. The Morgan fingerprint density at radius 3 is 2.68 bits per heavy atom. The lowest BCUT2D eigenvalue weighted by atomic mass is 10.0. The molecule has 0 atom stereocenters. The number of nitrogens with one attached hydrogen (secondary N) is 2. The number of rotatable bonds is 5. The second-order valence-corrected chi connectivity index (χ2v) is 8.70. The molecule has 0 unspecified atom stereocenters. The predicted octanol–water partition coefficient (Wildman–Crippen LogP) is 2.54. The number of anilines is 1. The maximum absolute atomic E-state index is 12.6. The van der Waals surface area contributed by atoms with Crippen LogP contribution in [0.4, 0.5) is 10.5 Å². The normalized spacial score (nSPS) is 20.6. The molecule has 9 heteroatoms. The maximum Gasteiger partial charge on any atom is 0.289 e. The molecule has 2 fully saturated rings. The zero-order valence-electron chi connectivity index (χ0n) is 16.8.